The quantitative estimate of drug-likeness (QED) is 0.851. The first-order valence-corrected chi connectivity index (χ1v) is 8.26. The molecule has 1 aliphatic heterocycles. The number of nitrogens with zero attached hydrogens (tertiary/aromatic N) is 5. The standard InChI is InChI=1S/C16H21N5O/c22-15(12-4-1-2-5-12)20-9-3-6-13(10-20)14-7-8-17-16-18-11-19-21(14)16/h7-8,11-13H,1-6,9-10H2. The minimum Gasteiger partial charge on any atom is -0.342 e. The lowest BCUT2D eigenvalue weighted by molar-refractivity contribution is -0.136. The Hall–Kier alpha value is -1.98. The summed E-state index contributed by atoms with van der Waals surface area (Å²) >= 11 is 0. The molecule has 1 aliphatic carbocycles. The molecule has 6 nitrogen and oxygen atoms in total. The van der Waals surface area contributed by atoms with E-state index in [1.165, 1.54) is 19.2 Å². The van der Waals surface area contributed by atoms with Gasteiger partial charge in [-0.25, -0.2) is 9.50 Å². The number of rotatable bonds is 2. The molecule has 0 radical (unpaired) electrons. The van der Waals surface area contributed by atoms with Crippen LogP contribution >= 0.6 is 0 Å². The fourth-order valence-electron chi connectivity index (χ4n) is 3.92. The predicted molar refractivity (Wildman–Crippen MR) is 81.3 cm³/mol. The number of carbonyl (C=O) groups is 1. The third kappa shape index (κ3) is 2.36. The highest BCUT2D eigenvalue weighted by molar-refractivity contribution is 5.79. The van der Waals surface area contributed by atoms with Crippen LogP contribution in [-0.4, -0.2) is 43.5 Å². The molecule has 2 aliphatic rings. The molecule has 2 aromatic rings. The van der Waals surface area contributed by atoms with Crippen LogP contribution in [0, 0.1) is 5.92 Å². The summed E-state index contributed by atoms with van der Waals surface area (Å²) in [6.45, 7) is 1.70. The van der Waals surface area contributed by atoms with Crippen LogP contribution in [0.5, 0.6) is 0 Å². The average molecular weight is 299 g/mol. The average Bonchev–Trinajstić information content (AvgIpc) is 3.25. The molecule has 1 saturated heterocycles. The highest BCUT2D eigenvalue weighted by atomic mass is 16.2. The number of aromatic nitrogens is 4. The fourth-order valence-corrected chi connectivity index (χ4v) is 3.92. The van der Waals surface area contributed by atoms with E-state index in [1.807, 2.05) is 10.6 Å². The highest BCUT2D eigenvalue weighted by Crippen LogP contribution is 2.31. The van der Waals surface area contributed by atoms with Crippen molar-refractivity contribution in [1.29, 1.82) is 0 Å². The molecular formula is C16H21N5O. The van der Waals surface area contributed by atoms with Gasteiger partial charge >= 0.3 is 0 Å². The van der Waals surface area contributed by atoms with E-state index in [2.05, 4.69) is 20.0 Å². The lowest BCUT2D eigenvalue weighted by atomic mass is 9.93. The molecule has 2 fully saturated rings. The van der Waals surface area contributed by atoms with Crippen LogP contribution in [0.1, 0.15) is 50.1 Å². The second-order valence-corrected chi connectivity index (χ2v) is 6.45. The zero-order chi connectivity index (χ0) is 14.9. The van der Waals surface area contributed by atoms with Gasteiger partial charge < -0.3 is 4.90 Å². The Kier molecular flexibility index (Phi) is 3.52. The van der Waals surface area contributed by atoms with Crippen LogP contribution in [0.25, 0.3) is 5.78 Å². The van der Waals surface area contributed by atoms with E-state index in [0.717, 1.165) is 44.5 Å². The van der Waals surface area contributed by atoms with Gasteiger partial charge in [0.1, 0.15) is 6.33 Å². The SMILES string of the molecule is O=C(C1CCCC1)N1CCCC(c2ccnc3ncnn23)C1. The molecular weight excluding hydrogens is 278 g/mol. The second kappa shape index (κ2) is 5.66. The molecule has 0 N–H and O–H groups in total. The van der Waals surface area contributed by atoms with Gasteiger partial charge in [-0.1, -0.05) is 12.8 Å². The van der Waals surface area contributed by atoms with Gasteiger partial charge in [0.05, 0.1) is 5.69 Å². The molecule has 0 bridgehead atoms. The van der Waals surface area contributed by atoms with Crippen molar-refractivity contribution in [1.82, 2.24) is 24.5 Å². The van der Waals surface area contributed by atoms with Gasteiger partial charge in [-0.05, 0) is 31.7 Å². The van der Waals surface area contributed by atoms with Gasteiger partial charge in [0.2, 0.25) is 5.91 Å². The summed E-state index contributed by atoms with van der Waals surface area (Å²) in [4.78, 5) is 23.1. The van der Waals surface area contributed by atoms with Crippen LogP contribution < -0.4 is 0 Å². The van der Waals surface area contributed by atoms with E-state index < -0.39 is 0 Å². The molecule has 0 aromatic carbocycles. The van der Waals surface area contributed by atoms with Crippen LogP contribution in [0.2, 0.25) is 0 Å². The number of fused-ring (bicyclic) bond motifs is 1. The minimum atomic E-state index is 0.266. The second-order valence-electron chi connectivity index (χ2n) is 6.45. The Bertz CT molecular complexity index is 676. The van der Waals surface area contributed by atoms with E-state index in [0.29, 0.717) is 17.6 Å². The fraction of sp³-hybridized carbons (Fsp3) is 0.625. The number of likely N-dealkylation sites (tertiary alicyclic amines) is 1. The molecule has 116 valence electrons. The summed E-state index contributed by atoms with van der Waals surface area (Å²) in [7, 11) is 0. The Balaban J connectivity index is 1.55. The molecule has 22 heavy (non-hydrogen) atoms. The van der Waals surface area contributed by atoms with E-state index in [1.54, 1.807) is 6.20 Å². The highest BCUT2D eigenvalue weighted by Gasteiger charge is 2.31. The third-order valence-corrected chi connectivity index (χ3v) is 5.07. The minimum absolute atomic E-state index is 0.266. The van der Waals surface area contributed by atoms with E-state index in [9.17, 15) is 4.79 Å². The smallest absolute Gasteiger partial charge is 0.252 e. The van der Waals surface area contributed by atoms with Gasteiger partial charge in [0.15, 0.2) is 0 Å². The predicted octanol–water partition coefficient (Wildman–Crippen LogP) is 2.02. The Morgan fingerprint density at radius 3 is 2.86 bits per heavy atom. The van der Waals surface area contributed by atoms with Crippen molar-refractivity contribution in [3.05, 3.63) is 24.3 Å². The number of amides is 1. The summed E-state index contributed by atoms with van der Waals surface area (Å²) < 4.78 is 1.81. The van der Waals surface area contributed by atoms with Gasteiger partial charge in [-0.3, -0.25) is 4.79 Å². The first kappa shape index (κ1) is 13.7. The van der Waals surface area contributed by atoms with Crippen molar-refractivity contribution in [3.63, 3.8) is 0 Å². The lowest BCUT2D eigenvalue weighted by Crippen LogP contribution is -2.42. The topological polar surface area (TPSA) is 63.4 Å². The number of carbonyl (C=O) groups excluding carboxylic acids is 1. The number of piperidine rings is 1. The van der Waals surface area contributed by atoms with Gasteiger partial charge in [-0.15, -0.1) is 0 Å². The monoisotopic (exact) mass is 299 g/mol. The van der Waals surface area contributed by atoms with Crippen molar-refractivity contribution in [2.24, 2.45) is 5.92 Å². The maximum atomic E-state index is 12.7. The molecule has 0 spiro atoms. The van der Waals surface area contributed by atoms with Crippen LogP contribution in [0.3, 0.4) is 0 Å². The molecule has 4 rings (SSSR count). The maximum absolute atomic E-state index is 12.7. The van der Waals surface area contributed by atoms with Crippen molar-refractivity contribution in [2.45, 2.75) is 44.4 Å². The molecule has 6 heteroatoms. The molecule has 1 saturated carbocycles. The largest absolute Gasteiger partial charge is 0.342 e. The van der Waals surface area contributed by atoms with Crippen LogP contribution in [0.4, 0.5) is 0 Å². The molecule has 1 unspecified atom stereocenters. The first-order valence-electron chi connectivity index (χ1n) is 8.26. The molecule has 1 atom stereocenters. The summed E-state index contributed by atoms with van der Waals surface area (Å²) in [5.74, 6) is 1.59. The van der Waals surface area contributed by atoms with Crippen LogP contribution in [0.15, 0.2) is 18.6 Å². The van der Waals surface area contributed by atoms with E-state index >= 15 is 0 Å². The van der Waals surface area contributed by atoms with Gasteiger partial charge in [0, 0.05) is 31.1 Å². The Morgan fingerprint density at radius 2 is 2.00 bits per heavy atom. The first-order chi connectivity index (χ1) is 10.8. The third-order valence-electron chi connectivity index (χ3n) is 5.07. The maximum Gasteiger partial charge on any atom is 0.252 e. The lowest BCUT2D eigenvalue weighted by Gasteiger charge is -2.34. The van der Waals surface area contributed by atoms with Gasteiger partial charge in [0.25, 0.3) is 5.78 Å². The zero-order valence-corrected chi connectivity index (χ0v) is 12.7. The number of hydrogen-bond donors (Lipinski definition) is 0. The van der Waals surface area contributed by atoms with E-state index in [4.69, 9.17) is 0 Å². The van der Waals surface area contributed by atoms with Crippen LogP contribution in [-0.2, 0) is 4.79 Å². The normalized spacial score (nSPS) is 23.3. The summed E-state index contributed by atoms with van der Waals surface area (Å²) in [5, 5.41) is 4.28. The van der Waals surface area contributed by atoms with Crippen molar-refractivity contribution in [2.75, 3.05) is 13.1 Å². The van der Waals surface area contributed by atoms with Crippen molar-refractivity contribution in [3.8, 4) is 0 Å². The van der Waals surface area contributed by atoms with Crippen molar-refractivity contribution < 1.29 is 4.79 Å². The van der Waals surface area contributed by atoms with Gasteiger partial charge in [-0.2, -0.15) is 10.1 Å². The summed E-state index contributed by atoms with van der Waals surface area (Å²) in [6, 6.07) is 2.01. The van der Waals surface area contributed by atoms with Crippen molar-refractivity contribution >= 4 is 11.7 Å². The number of hydrogen-bond acceptors (Lipinski definition) is 4. The zero-order valence-electron chi connectivity index (χ0n) is 12.7. The molecule has 1 amide bonds. The Morgan fingerprint density at radius 1 is 1.14 bits per heavy atom. The Labute approximate surface area is 129 Å². The molecule has 3 heterocycles. The van der Waals surface area contributed by atoms with E-state index in [-0.39, 0.29) is 5.92 Å². The summed E-state index contributed by atoms with van der Waals surface area (Å²) in [5.41, 5.74) is 1.12. The summed E-state index contributed by atoms with van der Waals surface area (Å²) in [6.07, 6.45) is 10.0. The molecule has 2 aromatic heterocycles.